The van der Waals surface area contributed by atoms with E-state index in [1.807, 2.05) is 0 Å². The van der Waals surface area contributed by atoms with Crippen molar-refractivity contribution in [2.45, 2.75) is 33.0 Å². The predicted octanol–water partition coefficient (Wildman–Crippen LogP) is 6.04. The van der Waals surface area contributed by atoms with E-state index >= 15 is 0 Å². The Bertz CT molecular complexity index is 1660. The molecule has 234 valence electrons. The van der Waals surface area contributed by atoms with Crippen LogP contribution in [-0.4, -0.2) is 50.5 Å². The number of hydrogen-bond acceptors (Lipinski definition) is 7. The van der Waals surface area contributed by atoms with Gasteiger partial charge in [0.25, 0.3) is 0 Å². The summed E-state index contributed by atoms with van der Waals surface area (Å²) in [5, 5.41) is 0. The predicted molar refractivity (Wildman–Crippen MR) is 158 cm³/mol. The minimum absolute atomic E-state index is 0.112. The van der Waals surface area contributed by atoms with Crippen molar-refractivity contribution in [3.63, 3.8) is 0 Å². The second-order valence-corrected chi connectivity index (χ2v) is 11.7. The second-order valence-electron chi connectivity index (χ2n) is 9.73. The quantitative estimate of drug-likeness (QED) is 0.166. The fourth-order valence-corrected chi connectivity index (χ4v) is 5.62. The number of rotatable bonds is 13. The van der Waals surface area contributed by atoms with Crippen molar-refractivity contribution in [2.24, 2.45) is 0 Å². The van der Waals surface area contributed by atoms with Crippen LogP contribution in [0, 0.1) is 6.92 Å². The minimum atomic E-state index is -4.43. The largest absolute Gasteiger partial charge is 0.493 e. The number of halogens is 3. The zero-order valence-corrected chi connectivity index (χ0v) is 25.2. The Labute approximate surface area is 254 Å². The van der Waals surface area contributed by atoms with Crippen molar-refractivity contribution in [2.75, 3.05) is 31.1 Å². The third-order valence-electron chi connectivity index (χ3n) is 6.62. The molecule has 0 N–H and O–H groups in total. The first-order chi connectivity index (χ1) is 20.9. The monoisotopic (exact) mass is 631 g/mol. The van der Waals surface area contributed by atoms with Gasteiger partial charge in [-0.1, -0.05) is 30.3 Å². The summed E-state index contributed by atoms with van der Waals surface area (Å²) in [7, 11) is -2.70. The van der Waals surface area contributed by atoms with Gasteiger partial charge in [-0.2, -0.15) is 25.9 Å². The molecular formula is C31H32F3N3O6S. The van der Waals surface area contributed by atoms with Crippen molar-refractivity contribution in [3.8, 4) is 17.2 Å². The third kappa shape index (κ3) is 8.17. The van der Waals surface area contributed by atoms with Gasteiger partial charge in [-0.25, -0.2) is 4.98 Å². The molecule has 3 aromatic carbocycles. The van der Waals surface area contributed by atoms with Crippen LogP contribution in [0.4, 0.5) is 18.9 Å². The number of esters is 1. The van der Waals surface area contributed by atoms with Crippen LogP contribution in [0.5, 0.6) is 5.75 Å². The Morgan fingerprint density at radius 2 is 1.70 bits per heavy atom. The summed E-state index contributed by atoms with van der Waals surface area (Å²) in [5.41, 5.74) is 1.26. The average molecular weight is 632 g/mol. The zero-order chi connectivity index (χ0) is 31.9. The molecule has 0 saturated carbocycles. The standard InChI is InChI=1S/C31H32F3N3O6S/c1-4-41-29(38)21-37(44(39,40)36(3)26-10-6-5-7-11-26)20-23-9-8-12-27(19-23)42-18-17-28-22(2)43-30(35-28)24-13-15-25(16-14-24)31(32,33)34/h5-16,19H,4,17-18,20-21H2,1-3H3. The van der Waals surface area contributed by atoms with Crippen molar-refractivity contribution in [1.82, 2.24) is 9.29 Å². The van der Waals surface area contributed by atoms with Gasteiger partial charge in [-0.15, -0.1) is 0 Å². The number of carbonyl (C=O) groups excluding carboxylic acids is 1. The molecule has 44 heavy (non-hydrogen) atoms. The molecule has 4 aromatic rings. The lowest BCUT2D eigenvalue weighted by atomic mass is 10.1. The molecule has 0 fully saturated rings. The number of carbonyl (C=O) groups is 1. The maximum atomic E-state index is 13.5. The highest BCUT2D eigenvalue weighted by atomic mass is 32.2. The summed E-state index contributed by atoms with van der Waals surface area (Å²) in [4.78, 5) is 16.8. The van der Waals surface area contributed by atoms with Crippen LogP contribution < -0.4 is 9.04 Å². The smallest absolute Gasteiger partial charge is 0.416 e. The molecule has 13 heteroatoms. The van der Waals surface area contributed by atoms with Gasteiger partial charge in [0.2, 0.25) is 5.89 Å². The fourth-order valence-electron chi connectivity index (χ4n) is 4.30. The van der Waals surface area contributed by atoms with Gasteiger partial charge in [0.15, 0.2) is 0 Å². The van der Waals surface area contributed by atoms with E-state index in [2.05, 4.69) is 4.98 Å². The first-order valence-corrected chi connectivity index (χ1v) is 15.1. The third-order valence-corrected chi connectivity index (χ3v) is 8.43. The van der Waals surface area contributed by atoms with E-state index in [1.54, 1.807) is 68.4 Å². The normalized spacial score (nSPS) is 11.9. The van der Waals surface area contributed by atoms with E-state index in [0.717, 1.165) is 20.7 Å². The van der Waals surface area contributed by atoms with Gasteiger partial charge in [-0.05, 0) is 67.9 Å². The number of para-hydroxylation sites is 1. The molecule has 0 spiro atoms. The highest BCUT2D eigenvalue weighted by Crippen LogP contribution is 2.31. The molecule has 0 aliphatic rings. The van der Waals surface area contributed by atoms with Crippen molar-refractivity contribution < 1.29 is 40.3 Å². The van der Waals surface area contributed by atoms with Gasteiger partial charge >= 0.3 is 22.4 Å². The molecule has 0 aliphatic carbocycles. The Balaban J connectivity index is 1.43. The Hall–Kier alpha value is -4.36. The maximum absolute atomic E-state index is 13.5. The van der Waals surface area contributed by atoms with Crippen LogP contribution in [0.2, 0.25) is 0 Å². The Morgan fingerprint density at radius 1 is 1.00 bits per heavy atom. The molecule has 0 bridgehead atoms. The minimum Gasteiger partial charge on any atom is -0.493 e. The molecule has 9 nitrogen and oxygen atoms in total. The highest BCUT2D eigenvalue weighted by Gasteiger charge is 2.31. The van der Waals surface area contributed by atoms with Crippen LogP contribution in [-0.2, 0) is 38.9 Å². The molecule has 0 radical (unpaired) electrons. The summed E-state index contributed by atoms with van der Waals surface area (Å²) < 4.78 is 84.4. The number of hydrogen-bond donors (Lipinski definition) is 0. The van der Waals surface area contributed by atoms with Gasteiger partial charge in [0.1, 0.15) is 18.1 Å². The van der Waals surface area contributed by atoms with E-state index in [9.17, 15) is 26.4 Å². The van der Waals surface area contributed by atoms with Gasteiger partial charge in [0.05, 0.1) is 30.2 Å². The second kappa shape index (κ2) is 14.0. The van der Waals surface area contributed by atoms with Crippen LogP contribution in [0.25, 0.3) is 11.5 Å². The summed E-state index contributed by atoms with van der Waals surface area (Å²) in [6.07, 6.45) is -4.08. The number of benzene rings is 3. The molecule has 0 saturated heterocycles. The van der Waals surface area contributed by atoms with E-state index < -0.39 is 34.5 Å². The van der Waals surface area contributed by atoms with Crippen LogP contribution in [0.3, 0.4) is 0 Å². The molecule has 0 atom stereocenters. The topological polar surface area (TPSA) is 102 Å². The van der Waals surface area contributed by atoms with Crippen LogP contribution in [0.15, 0.2) is 83.3 Å². The van der Waals surface area contributed by atoms with Crippen molar-refractivity contribution >= 4 is 21.9 Å². The molecule has 0 aliphatic heterocycles. The first-order valence-electron chi connectivity index (χ1n) is 13.7. The Kier molecular flexibility index (Phi) is 10.3. The number of aromatic nitrogens is 1. The number of ether oxygens (including phenoxy) is 2. The summed E-state index contributed by atoms with van der Waals surface area (Å²) >= 11 is 0. The lowest BCUT2D eigenvalue weighted by molar-refractivity contribution is -0.143. The molecule has 1 aromatic heterocycles. The molecule has 1 heterocycles. The Morgan fingerprint density at radius 3 is 2.36 bits per heavy atom. The van der Waals surface area contributed by atoms with Gasteiger partial charge in [0, 0.05) is 25.6 Å². The van der Waals surface area contributed by atoms with Gasteiger partial charge in [-0.3, -0.25) is 9.10 Å². The maximum Gasteiger partial charge on any atom is 0.416 e. The van der Waals surface area contributed by atoms with Crippen LogP contribution >= 0.6 is 0 Å². The number of oxazole rings is 1. The number of aryl methyl sites for hydroxylation is 1. The molecule has 0 unspecified atom stereocenters. The SMILES string of the molecule is CCOC(=O)CN(Cc1cccc(OCCc2nc(-c3ccc(C(F)(F)F)cc3)oc2C)c1)S(=O)(=O)N(C)c1ccccc1. The number of anilines is 1. The van der Waals surface area contributed by atoms with E-state index in [4.69, 9.17) is 13.9 Å². The van der Waals surface area contributed by atoms with Crippen molar-refractivity contribution in [3.05, 3.63) is 101 Å². The number of alkyl halides is 3. The van der Waals surface area contributed by atoms with Gasteiger partial charge < -0.3 is 13.9 Å². The van der Waals surface area contributed by atoms with Crippen LogP contribution in [0.1, 0.15) is 29.5 Å². The summed E-state index contributed by atoms with van der Waals surface area (Å²) in [6, 6.07) is 19.9. The average Bonchev–Trinajstić information content (AvgIpc) is 3.37. The fraction of sp³-hybridized carbons (Fsp3) is 0.290. The lowest BCUT2D eigenvalue weighted by Crippen LogP contribution is -2.44. The molecule has 4 rings (SSSR count). The molecular weight excluding hydrogens is 599 g/mol. The van der Waals surface area contributed by atoms with E-state index in [-0.39, 0.29) is 25.6 Å². The van der Waals surface area contributed by atoms with E-state index in [0.29, 0.717) is 40.4 Å². The summed E-state index contributed by atoms with van der Waals surface area (Å²) in [6.45, 7) is 3.07. The summed E-state index contributed by atoms with van der Waals surface area (Å²) in [5.74, 6) is 0.510. The first kappa shape index (κ1) is 32.6. The van der Waals surface area contributed by atoms with E-state index in [1.165, 1.54) is 19.2 Å². The highest BCUT2D eigenvalue weighted by molar-refractivity contribution is 7.90. The zero-order valence-electron chi connectivity index (χ0n) is 24.4. The molecule has 0 amide bonds. The van der Waals surface area contributed by atoms with Crippen molar-refractivity contribution in [1.29, 1.82) is 0 Å². The lowest BCUT2D eigenvalue weighted by Gasteiger charge is -2.28. The number of nitrogens with zero attached hydrogens (tertiary/aromatic N) is 3.